The number of ether oxygens (including phenoxy) is 2. The summed E-state index contributed by atoms with van der Waals surface area (Å²) in [7, 11) is 1.81. The lowest BCUT2D eigenvalue weighted by Crippen LogP contribution is -2.18. The first kappa shape index (κ1) is 22.1. The molecule has 0 aliphatic carbocycles. The lowest BCUT2D eigenvalue weighted by molar-refractivity contribution is 0.0640. The molecule has 0 atom stereocenters. The normalized spacial score (nSPS) is 11.2. The van der Waals surface area contributed by atoms with E-state index in [0.717, 1.165) is 11.4 Å². The summed E-state index contributed by atoms with van der Waals surface area (Å²) >= 11 is 0. The zero-order valence-corrected chi connectivity index (χ0v) is 18.5. The number of benzene rings is 2. The predicted molar refractivity (Wildman–Crippen MR) is 119 cm³/mol. The second-order valence-electron chi connectivity index (χ2n) is 7.83. The van der Waals surface area contributed by atoms with Gasteiger partial charge in [-0.15, -0.1) is 0 Å². The van der Waals surface area contributed by atoms with E-state index in [-0.39, 0.29) is 17.4 Å². The summed E-state index contributed by atoms with van der Waals surface area (Å²) < 4.78 is 31.9. The number of nitrogens with two attached hydrogens (primary N) is 1. The highest BCUT2D eigenvalue weighted by Crippen LogP contribution is 2.41. The first-order valence-corrected chi connectivity index (χ1v) is 10.2. The molecule has 1 amide bonds. The number of amides is 1. The molecule has 0 bridgehead atoms. The molecular weight excluding hydrogens is 429 g/mol. The lowest BCUT2D eigenvalue weighted by Gasteiger charge is -2.15. The Bertz CT molecular complexity index is 1370. The summed E-state index contributed by atoms with van der Waals surface area (Å²) in [6, 6.07) is 10.7. The van der Waals surface area contributed by atoms with Gasteiger partial charge in [0.2, 0.25) is 0 Å². The highest BCUT2D eigenvalue weighted by atomic mass is 19.1. The highest BCUT2D eigenvalue weighted by molar-refractivity contribution is 6.12. The number of hydrogen-bond acceptors (Lipinski definition) is 6. The maximum Gasteiger partial charge on any atom is 0.412 e. The third kappa shape index (κ3) is 4.30. The van der Waals surface area contributed by atoms with E-state index in [1.807, 2.05) is 33.9 Å². The fourth-order valence-corrected chi connectivity index (χ4v) is 3.69. The molecule has 2 aromatic carbocycles. The zero-order chi connectivity index (χ0) is 23.9. The second kappa shape index (κ2) is 8.42. The fourth-order valence-electron chi connectivity index (χ4n) is 3.69. The minimum absolute atomic E-state index is 0.0169. The quantitative estimate of drug-likeness (QED) is 0.339. The summed E-state index contributed by atoms with van der Waals surface area (Å²) in [5.74, 6) is -0.831. The number of fused-ring (bicyclic) bond motifs is 1. The molecule has 9 heteroatoms. The Kier molecular flexibility index (Phi) is 5.63. The maximum atomic E-state index is 13.5. The lowest BCUT2D eigenvalue weighted by atomic mass is 10.0. The summed E-state index contributed by atoms with van der Waals surface area (Å²) in [5, 5.41) is 4.76. The Morgan fingerprint density at radius 3 is 2.42 bits per heavy atom. The van der Waals surface area contributed by atoms with E-state index >= 15 is 0 Å². The van der Waals surface area contributed by atoms with Crippen molar-refractivity contribution in [2.75, 3.05) is 0 Å². The Morgan fingerprint density at radius 1 is 1.15 bits per heavy atom. The van der Waals surface area contributed by atoms with Gasteiger partial charge in [-0.05, 0) is 63.2 Å². The third-order valence-electron chi connectivity index (χ3n) is 4.93. The molecule has 0 saturated carbocycles. The molecular formula is C24H22FN3O5. The van der Waals surface area contributed by atoms with Gasteiger partial charge in [-0.3, -0.25) is 4.68 Å². The molecule has 0 aliphatic heterocycles. The first-order valence-electron chi connectivity index (χ1n) is 10.2. The van der Waals surface area contributed by atoms with Crippen LogP contribution in [0.25, 0.3) is 33.6 Å². The van der Waals surface area contributed by atoms with Gasteiger partial charge < -0.3 is 19.6 Å². The van der Waals surface area contributed by atoms with E-state index in [9.17, 15) is 14.0 Å². The van der Waals surface area contributed by atoms with Crippen LogP contribution in [0.2, 0.25) is 0 Å². The van der Waals surface area contributed by atoms with Gasteiger partial charge in [0.25, 0.3) is 0 Å². The van der Waals surface area contributed by atoms with E-state index in [2.05, 4.69) is 9.84 Å². The number of rotatable bonds is 5. The number of aromatic nitrogens is 2. The van der Waals surface area contributed by atoms with Crippen molar-refractivity contribution in [2.24, 2.45) is 12.8 Å². The second-order valence-corrected chi connectivity index (χ2v) is 7.83. The van der Waals surface area contributed by atoms with E-state index in [0.29, 0.717) is 27.8 Å². The molecule has 2 aromatic heterocycles. The standard InChI is InChI=1S/C24H22FN3O5/c1-12(2)31-19-11-17-20(10-16(19)18-9-13(3)27-28(18)4)32-22(14-5-7-15(25)8-6-14)21(17)23(29)33-24(26)30/h5-12H,1-4H3,(H2,26,30). The Balaban J connectivity index is 2.02. The van der Waals surface area contributed by atoms with Crippen LogP contribution >= 0.6 is 0 Å². The van der Waals surface area contributed by atoms with Crippen LogP contribution in [0.3, 0.4) is 0 Å². The van der Waals surface area contributed by atoms with Crippen LogP contribution in [0, 0.1) is 12.7 Å². The van der Waals surface area contributed by atoms with Gasteiger partial charge >= 0.3 is 12.1 Å². The van der Waals surface area contributed by atoms with Gasteiger partial charge in [0, 0.05) is 23.6 Å². The fraction of sp³-hybridized carbons (Fsp3) is 0.208. The first-order chi connectivity index (χ1) is 15.6. The van der Waals surface area contributed by atoms with Crippen LogP contribution in [-0.4, -0.2) is 27.9 Å². The van der Waals surface area contributed by atoms with Gasteiger partial charge in [-0.25, -0.2) is 14.0 Å². The zero-order valence-electron chi connectivity index (χ0n) is 18.5. The van der Waals surface area contributed by atoms with Crippen LogP contribution in [0.5, 0.6) is 5.75 Å². The van der Waals surface area contributed by atoms with Crippen LogP contribution < -0.4 is 10.5 Å². The smallest absolute Gasteiger partial charge is 0.412 e. The molecule has 0 aliphatic rings. The average molecular weight is 451 g/mol. The molecule has 0 unspecified atom stereocenters. The number of aryl methyl sites for hydroxylation is 2. The number of carbonyl (C=O) groups excluding carboxylic acids is 2. The van der Waals surface area contributed by atoms with E-state index in [1.54, 1.807) is 16.8 Å². The minimum Gasteiger partial charge on any atom is -0.490 e. The molecule has 2 N–H and O–H groups in total. The third-order valence-corrected chi connectivity index (χ3v) is 4.93. The van der Waals surface area contributed by atoms with Gasteiger partial charge in [0.1, 0.15) is 28.5 Å². The van der Waals surface area contributed by atoms with Crippen LogP contribution in [-0.2, 0) is 11.8 Å². The molecule has 4 aromatic rings. The number of furan rings is 1. The predicted octanol–water partition coefficient (Wildman–Crippen LogP) is 4.97. The molecule has 0 spiro atoms. The van der Waals surface area contributed by atoms with Gasteiger partial charge in [-0.2, -0.15) is 5.10 Å². The number of halogens is 1. The molecule has 33 heavy (non-hydrogen) atoms. The number of carbonyl (C=O) groups is 2. The molecule has 0 radical (unpaired) electrons. The summed E-state index contributed by atoms with van der Waals surface area (Å²) in [6.45, 7) is 5.64. The Labute approximate surface area is 188 Å². The van der Waals surface area contributed by atoms with Crippen molar-refractivity contribution < 1.29 is 27.9 Å². The van der Waals surface area contributed by atoms with Crippen molar-refractivity contribution in [1.82, 2.24) is 9.78 Å². The average Bonchev–Trinajstić information content (AvgIpc) is 3.25. The van der Waals surface area contributed by atoms with E-state index < -0.39 is 17.9 Å². The Morgan fingerprint density at radius 2 is 1.85 bits per heavy atom. The molecule has 2 heterocycles. The van der Waals surface area contributed by atoms with Gasteiger partial charge in [0.15, 0.2) is 0 Å². The van der Waals surface area contributed by atoms with Crippen molar-refractivity contribution in [1.29, 1.82) is 0 Å². The molecule has 0 saturated heterocycles. The molecule has 0 fully saturated rings. The van der Waals surface area contributed by atoms with Gasteiger partial charge in [0.05, 0.1) is 17.5 Å². The van der Waals surface area contributed by atoms with Crippen LogP contribution in [0.1, 0.15) is 29.9 Å². The summed E-state index contributed by atoms with van der Waals surface area (Å²) in [5.41, 5.74) is 8.13. The van der Waals surface area contributed by atoms with Crippen molar-refractivity contribution in [3.05, 3.63) is 59.5 Å². The number of primary amides is 1. The minimum atomic E-state index is -1.25. The maximum absolute atomic E-state index is 13.5. The summed E-state index contributed by atoms with van der Waals surface area (Å²) in [6.07, 6.45) is -1.42. The van der Waals surface area contributed by atoms with E-state index in [4.69, 9.17) is 14.9 Å². The topological polar surface area (TPSA) is 110 Å². The summed E-state index contributed by atoms with van der Waals surface area (Å²) in [4.78, 5) is 24.1. The van der Waals surface area contributed by atoms with Crippen molar-refractivity contribution in [2.45, 2.75) is 26.9 Å². The largest absolute Gasteiger partial charge is 0.490 e. The highest BCUT2D eigenvalue weighted by Gasteiger charge is 2.27. The molecule has 8 nitrogen and oxygen atoms in total. The van der Waals surface area contributed by atoms with Gasteiger partial charge in [-0.1, -0.05) is 0 Å². The number of hydrogen-bond donors (Lipinski definition) is 1. The van der Waals surface area contributed by atoms with Crippen LogP contribution in [0.15, 0.2) is 46.9 Å². The molecule has 4 rings (SSSR count). The Hall–Kier alpha value is -4.14. The SMILES string of the molecule is Cc1cc(-c2cc3oc(-c4ccc(F)cc4)c(C(=O)OC(N)=O)c3cc2OC(C)C)n(C)n1. The number of esters is 1. The van der Waals surface area contributed by atoms with Crippen molar-refractivity contribution in [3.63, 3.8) is 0 Å². The van der Waals surface area contributed by atoms with Crippen molar-refractivity contribution in [3.8, 4) is 28.3 Å². The van der Waals surface area contributed by atoms with Crippen molar-refractivity contribution >= 4 is 23.0 Å². The molecule has 170 valence electrons. The number of nitrogens with zero attached hydrogens (tertiary/aromatic N) is 2. The van der Waals surface area contributed by atoms with E-state index in [1.165, 1.54) is 24.3 Å². The van der Waals surface area contributed by atoms with Crippen LogP contribution in [0.4, 0.5) is 9.18 Å². The monoisotopic (exact) mass is 451 g/mol.